The zero-order valence-electron chi connectivity index (χ0n) is 14.5. The molecule has 2 heterocycles. The van der Waals surface area contributed by atoms with E-state index in [4.69, 9.17) is 9.15 Å². The quantitative estimate of drug-likeness (QED) is 0.720. The first kappa shape index (κ1) is 16.5. The van der Waals surface area contributed by atoms with Crippen molar-refractivity contribution in [2.45, 2.75) is 25.9 Å². The Labute approximate surface area is 150 Å². The molecule has 0 saturated carbocycles. The molecule has 0 bridgehead atoms. The minimum atomic E-state index is -0.481. The van der Waals surface area contributed by atoms with E-state index >= 15 is 0 Å². The number of rotatable bonds is 4. The molecule has 1 aliphatic rings. The van der Waals surface area contributed by atoms with Crippen molar-refractivity contribution in [2.75, 3.05) is 11.9 Å². The third-order valence-corrected chi connectivity index (χ3v) is 4.59. The number of furan rings is 1. The van der Waals surface area contributed by atoms with Crippen LogP contribution in [-0.2, 0) is 9.53 Å². The van der Waals surface area contributed by atoms with E-state index in [0.717, 1.165) is 12.0 Å². The van der Waals surface area contributed by atoms with Gasteiger partial charge in [0.1, 0.15) is 11.7 Å². The maximum atomic E-state index is 13.0. The van der Waals surface area contributed by atoms with Crippen LogP contribution >= 0.6 is 0 Å². The number of anilines is 1. The predicted molar refractivity (Wildman–Crippen MR) is 98.4 cm³/mol. The largest absolute Gasteiger partial charge is 0.450 e. The van der Waals surface area contributed by atoms with Crippen LogP contribution in [0.3, 0.4) is 0 Å². The highest BCUT2D eigenvalue weighted by molar-refractivity contribution is 6.17. The second-order valence-corrected chi connectivity index (χ2v) is 6.49. The molecule has 26 heavy (non-hydrogen) atoms. The smallest absolute Gasteiger partial charge is 0.253 e. The Bertz CT molecular complexity index is 965. The number of benzene rings is 2. The molecule has 4 rings (SSSR count). The zero-order valence-corrected chi connectivity index (χ0v) is 14.5. The topological polar surface area (TPSA) is 68.5 Å². The molecular weight excluding hydrogens is 330 g/mol. The Morgan fingerprint density at radius 3 is 2.58 bits per heavy atom. The highest BCUT2D eigenvalue weighted by Crippen LogP contribution is 2.33. The van der Waals surface area contributed by atoms with Crippen LogP contribution in [0.25, 0.3) is 11.0 Å². The first-order chi connectivity index (χ1) is 12.6. The molecule has 1 aliphatic heterocycles. The third kappa shape index (κ3) is 3.02. The normalized spacial score (nSPS) is 16.7. The number of fused-ring (bicyclic) bond motifs is 1. The molecular formula is C21H19NO4. The molecule has 1 amide bonds. The predicted octanol–water partition coefficient (Wildman–Crippen LogP) is 4.09. The Morgan fingerprint density at radius 2 is 1.85 bits per heavy atom. The summed E-state index contributed by atoms with van der Waals surface area (Å²) in [5.74, 6) is -0.364. The van der Waals surface area contributed by atoms with E-state index in [2.05, 4.69) is 5.32 Å². The molecule has 0 aliphatic carbocycles. The van der Waals surface area contributed by atoms with Crippen molar-refractivity contribution in [3.63, 3.8) is 0 Å². The van der Waals surface area contributed by atoms with Crippen molar-refractivity contribution >= 4 is 28.3 Å². The van der Waals surface area contributed by atoms with Gasteiger partial charge in [0.25, 0.3) is 5.91 Å². The van der Waals surface area contributed by atoms with Gasteiger partial charge in [0.05, 0.1) is 5.69 Å². The van der Waals surface area contributed by atoms with E-state index in [1.165, 1.54) is 0 Å². The van der Waals surface area contributed by atoms with Crippen molar-refractivity contribution in [1.29, 1.82) is 0 Å². The van der Waals surface area contributed by atoms with Gasteiger partial charge in [-0.25, -0.2) is 0 Å². The number of para-hydroxylation sites is 1. The Hall–Kier alpha value is -2.92. The highest BCUT2D eigenvalue weighted by Gasteiger charge is 2.28. The van der Waals surface area contributed by atoms with Gasteiger partial charge in [0.15, 0.2) is 5.76 Å². The highest BCUT2D eigenvalue weighted by atomic mass is 16.5. The minimum absolute atomic E-state index is 0.140. The summed E-state index contributed by atoms with van der Waals surface area (Å²) in [7, 11) is 0. The summed E-state index contributed by atoms with van der Waals surface area (Å²) < 4.78 is 11.3. The second kappa shape index (κ2) is 6.77. The van der Waals surface area contributed by atoms with Crippen LogP contribution in [0.1, 0.15) is 34.5 Å². The summed E-state index contributed by atoms with van der Waals surface area (Å²) in [6.45, 7) is 2.54. The van der Waals surface area contributed by atoms with E-state index < -0.39 is 6.10 Å². The number of amides is 1. The number of carbonyl (C=O) groups excluding carboxylic acids is 2. The van der Waals surface area contributed by atoms with Gasteiger partial charge in [-0.2, -0.15) is 0 Å². The van der Waals surface area contributed by atoms with Crippen molar-refractivity contribution in [1.82, 2.24) is 0 Å². The fraction of sp³-hybridized carbons (Fsp3) is 0.238. The van der Waals surface area contributed by atoms with Gasteiger partial charge in [-0.1, -0.05) is 42.0 Å². The molecule has 3 aromatic rings. The summed E-state index contributed by atoms with van der Waals surface area (Å²) in [5.41, 5.74) is 2.55. The molecule has 5 heteroatoms. The van der Waals surface area contributed by atoms with E-state index in [9.17, 15) is 9.59 Å². The molecule has 1 atom stereocenters. The lowest BCUT2D eigenvalue weighted by Crippen LogP contribution is -2.27. The molecule has 132 valence electrons. The molecule has 1 fully saturated rings. The van der Waals surface area contributed by atoms with Crippen molar-refractivity contribution in [3.8, 4) is 0 Å². The standard InChI is InChI=1S/C21H19NO4/c1-13-8-10-14(11-9-13)19(23)20-18(15-5-2-3-6-16(15)26-20)22-21(24)17-7-4-12-25-17/h2-3,5-6,8-11,17H,4,7,12H2,1H3,(H,22,24). The maximum absolute atomic E-state index is 13.0. The third-order valence-electron chi connectivity index (χ3n) is 4.59. The summed E-state index contributed by atoms with van der Waals surface area (Å²) in [6, 6.07) is 14.6. The zero-order chi connectivity index (χ0) is 18.1. The second-order valence-electron chi connectivity index (χ2n) is 6.49. The van der Waals surface area contributed by atoms with Crippen LogP contribution in [0.4, 0.5) is 5.69 Å². The fourth-order valence-corrected chi connectivity index (χ4v) is 3.15. The lowest BCUT2D eigenvalue weighted by atomic mass is 10.1. The number of hydrogen-bond donors (Lipinski definition) is 1. The fourth-order valence-electron chi connectivity index (χ4n) is 3.15. The van der Waals surface area contributed by atoms with E-state index in [1.54, 1.807) is 18.2 Å². The number of ketones is 1. The van der Waals surface area contributed by atoms with Gasteiger partial charge in [-0.05, 0) is 31.9 Å². The summed E-state index contributed by atoms with van der Waals surface area (Å²) in [5, 5.41) is 3.56. The number of nitrogens with one attached hydrogen (secondary N) is 1. The van der Waals surface area contributed by atoms with Crippen LogP contribution in [0.15, 0.2) is 52.9 Å². The summed E-state index contributed by atoms with van der Waals surface area (Å²) >= 11 is 0. The SMILES string of the molecule is Cc1ccc(C(=O)c2oc3ccccc3c2NC(=O)C2CCCO2)cc1. The van der Waals surface area contributed by atoms with E-state index in [0.29, 0.717) is 35.2 Å². The molecule has 0 spiro atoms. The lowest BCUT2D eigenvalue weighted by Gasteiger charge is -2.10. The van der Waals surface area contributed by atoms with Crippen molar-refractivity contribution in [2.24, 2.45) is 0 Å². The van der Waals surface area contributed by atoms with Crippen molar-refractivity contribution in [3.05, 3.63) is 65.4 Å². The Kier molecular flexibility index (Phi) is 4.31. The number of hydrogen-bond acceptors (Lipinski definition) is 4. The molecule has 1 unspecified atom stereocenters. The summed E-state index contributed by atoms with van der Waals surface area (Å²) in [6.07, 6.45) is 1.06. The van der Waals surface area contributed by atoms with Crippen LogP contribution in [0.2, 0.25) is 0 Å². The molecule has 1 N–H and O–H groups in total. The lowest BCUT2D eigenvalue weighted by molar-refractivity contribution is -0.124. The first-order valence-electron chi connectivity index (χ1n) is 8.69. The van der Waals surface area contributed by atoms with E-state index in [1.807, 2.05) is 37.3 Å². The number of ether oxygens (including phenoxy) is 1. The van der Waals surface area contributed by atoms with Gasteiger partial charge >= 0.3 is 0 Å². The van der Waals surface area contributed by atoms with Gasteiger partial charge in [0, 0.05) is 17.6 Å². The molecule has 0 radical (unpaired) electrons. The van der Waals surface area contributed by atoms with Crippen LogP contribution < -0.4 is 5.32 Å². The van der Waals surface area contributed by atoms with Crippen molar-refractivity contribution < 1.29 is 18.7 Å². The van der Waals surface area contributed by atoms with Gasteiger partial charge < -0.3 is 14.5 Å². The molecule has 2 aromatic carbocycles. The van der Waals surface area contributed by atoms with Crippen LogP contribution in [0, 0.1) is 6.92 Å². The minimum Gasteiger partial charge on any atom is -0.450 e. The molecule has 1 aromatic heterocycles. The first-order valence-corrected chi connectivity index (χ1v) is 8.69. The number of aryl methyl sites for hydroxylation is 1. The maximum Gasteiger partial charge on any atom is 0.253 e. The Balaban J connectivity index is 1.74. The monoisotopic (exact) mass is 349 g/mol. The van der Waals surface area contributed by atoms with Crippen LogP contribution in [-0.4, -0.2) is 24.4 Å². The van der Waals surface area contributed by atoms with Gasteiger partial charge in [-0.3, -0.25) is 9.59 Å². The van der Waals surface area contributed by atoms with Gasteiger partial charge in [0.2, 0.25) is 5.78 Å². The van der Waals surface area contributed by atoms with E-state index in [-0.39, 0.29) is 17.5 Å². The van der Waals surface area contributed by atoms with Gasteiger partial charge in [-0.15, -0.1) is 0 Å². The number of carbonyl (C=O) groups is 2. The Morgan fingerprint density at radius 1 is 1.08 bits per heavy atom. The van der Waals surface area contributed by atoms with Crippen LogP contribution in [0.5, 0.6) is 0 Å². The molecule has 5 nitrogen and oxygen atoms in total. The molecule has 1 saturated heterocycles. The average Bonchev–Trinajstić information content (AvgIpc) is 3.30. The average molecular weight is 349 g/mol. The summed E-state index contributed by atoms with van der Waals surface area (Å²) in [4.78, 5) is 25.5.